The second-order valence-electron chi connectivity index (χ2n) is 8.01. The summed E-state index contributed by atoms with van der Waals surface area (Å²) in [6.07, 6.45) is 3.60. The molecule has 1 fully saturated rings. The number of rotatable bonds is 3. The van der Waals surface area contributed by atoms with E-state index in [4.69, 9.17) is 14.7 Å². The van der Waals surface area contributed by atoms with Gasteiger partial charge in [-0.25, -0.2) is 4.98 Å². The molecule has 1 heterocycles. The molecule has 1 aromatic heterocycles. The second-order valence-corrected chi connectivity index (χ2v) is 8.01. The summed E-state index contributed by atoms with van der Waals surface area (Å²) >= 11 is 0. The first-order valence-electron chi connectivity index (χ1n) is 9.82. The molecular weight excluding hydrogens is 324 g/mol. The highest BCUT2D eigenvalue weighted by atomic mass is 16.5. The van der Waals surface area contributed by atoms with Crippen LogP contribution in [0.2, 0.25) is 0 Å². The van der Waals surface area contributed by atoms with Crippen molar-refractivity contribution in [2.45, 2.75) is 58.0 Å². The molecule has 138 valence electrons. The minimum Gasteiger partial charge on any atom is -0.478 e. The second kappa shape index (κ2) is 6.66. The monoisotopic (exact) mass is 352 g/mol. The van der Waals surface area contributed by atoms with Crippen molar-refractivity contribution in [1.82, 2.24) is 9.97 Å². The number of hydrogen-bond donors (Lipinski definition) is 1. The molecule has 0 aliphatic heterocycles. The molecule has 1 aromatic carbocycles. The van der Waals surface area contributed by atoms with E-state index in [0.717, 1.165) is 48.6 Å². The van der Waals surface area contributed by atoms with Crippen LogP contribution in [0.1, 0.15) is 51.3 Å². The van der Waals surface area contributed by atoms with Crippen LogP contribution in [-0.4, -0.2) is 27.8 Å². The Labute approximate surface area is 155 Å². The molecular formula is C22H28N2O2. The van der Waals surface area contributed by atoms with Gasteiger partial charge in [0.2, 0.25) is 5.88 Å². The van der Waals surface area contributed by atoms with Gasteiger partial charge in [-0.15, -0.1) is 0 Å². The summed E-state index contributed by atoms with van der Waals surface area (Å²) < 4.78 is 5.94. The lowest BCUT2D eigenvalue weighted by molar-refractivity contribution is -0.00907. The van der Waals surface area contributed by atoms with E-state index in [1.807, 2.05) is 37.3 Å². The molecule has 0 amide bonds. The number of benzene rings is 1. The van der Waals surface area contributed by atoms with Crippen molar-refractivity contribution in [2.75, 3.05) is 6.61 Å². The van der Waals surface area contributed by atoms with Gasteiger partial charge >= 0.3 is 0 Å². The minimum atomic E-state index is -0.198. The van der Waals surface area contributed by atoms with E-state index in [1.165, 1.54) is 5.56 Å². The van der Waals surface area contributed by atoms with E-state index in [2.05, 4.69) is 13.8 Å². The maximum absolute atomic E-state index is 10.4. The van der Waals surface area contributed by atoms with E-state index >= 15 is 0 Å². The van der Waals surface area contributed by atoms with E-state index in [9.17, 15) is 5.11 Å². The molecule has 4 heteroatoms. The van der Waals surface area contributed by atoms with Crippen molar-refractivity contribution in [2.24, 2.45) is 11.8 Å². The van der Waals surface area contributed by atoms with Crippen LogP contribution in [0, 0.1) is 11.8 Å². The van der Waals surface area contributed by atoms with E-state index in [1.54, 1.807) is 0 Å². The zero-order valence-electron chi connectivity index (χ0n) is 15.9. The zero-order valence-corrected chi connectivity index (χ0v) is 15.9. The Morgan fingerprint density at radius 1 is 1.19 bits per heavy atom. The molecule has 0 saturated heterocycles. The van der Waals surface area contributed by atoms with Crippen molar-refractivity contribution in [3.8, 4) is 17.3 Å². The van der Waals surface area contributed by atoms with Gasteiger partial charge in [0, 0.05) is 16.5 Å². The first-order valence-corrected chi connectivity index (χ1v) is 9.82. The number of aromatic nitrogens is 2. The van der Waals surface area contributed by atoms with Crippen LogP contribution in [0.3, 0.4) is 0 Å². The fourth-order valence-corrected chi connectivity index (χ4v) is 5.05. The minimum absolute atomic E-state index is 0.0233. The number of nitrogens with zero attached hydrogens (tertiary/aromatic N) is 2. The van der Waals surface area contributed by atoms with Crippen molar-refractivity contribution in [3.05, 3.63) is 41.6 Å². The lowest BCUT2D eigenvalue weighted by Gasteiger charge is -2.50. The molecule has 0 bridgehead atoms. The van der Waals surface area contributed by atoms with Crippen LogP contribution in [-0.2, 0) is 11.8 Å². The number of hydrogen-bond acceptors (Lipinski definition) is 4. The first kappa shape index (κ1) is 17.5. The highest BCUT2D eigenvalue weighted by Gasteiger charge is 2.49. The summed E-state index contributed by atoms with van der Waals surface area (Å²) in [5, 5.41) is 10.4. The molecule has 2 aliphatic carbocycles. The molecule has 4 atom stereocenters. The number of fused-ring (bicyclic) bond motifs is 3. The Kier molecular flexibility index (Phi) is 4.47. The van der Waals surface area contributed by atoms with Gasteiger partial charge in [-0.1, -0.05) is 44.2 Å². The van der Waals surface area contributed by atoms with Gasteiger partial charge in [-0.3, -0.25) is 0 Å². The topological polar surface area (TPSA) is 55.2 Å². The van der Waals surface area contributed by atoms with Crippen LogP contribution < -0.4 is 4.74 Å². The predicted octanol–water partition coefficient (Wildman–Crippen LogP) is 4.15. The Bertz CT molecular complexity index is 792. The van der Waals surface area contributed by atoms with E-state index in [0.29, 0.717) is 18.4 Å². The SMILES string of the molecule is CCOc1nc(-c2ccccc2)nc2c1CC[C@H]1[C@H](C)C(O)CC[C@]21C. The van der Waals surface area contributed by atoms with Crippen LogP contribution in [0.4, 0.5) is 0 Å². The fourth-order valence-electron chi connectivity index (χ4n) is 5.05. The normalized spacial score (nSPS) is 30.4. The van der Waals surface area contributed by atoms with Crippen molar-refractivity contribution < 1.29 is 9.84 Å². The molecule has 2 aromatic rings. The van der Waals surface area contributed by atoms with Crippen LogP contribution >= 0.6 is 0 Å². The molecule has 0 spiro atoms. The van der Waals surface area contributed by atoms with Crippen molar-refractivity contribution >= 4 is 0 Å². The molecule has 1 N–H and O–H groups in total. The summed E-state index contributed by atoms with van der Waals surface area (Å²) in [4.78, 5) is 9.84. The largest absolute Gasteiger partial charge is 0.478 e. The predicted molar refractivity (Wildman–Crippen MR) is 102 cm³/mol. The van der Waals surface area contributed by atoms with Crippen LogP contribution in [0.5, 0.6) is 5.88 Å². The third-order valence-corrected chi connectivity index (χ3v) is 6.55. The van der Waals surface area contributed by atoms with E-state index < -0.39 is 0 Å². The standard InChI is InChI=1S/C22H28N2O2/c1-4-26-21-16-10-11-17-14(2)18(25)12-13-22(17,3)19(16)23-20(24-21)15-8-6-5-7-9-15/h5-9,14,17-18,25H,4,10-13H2,1-3H3/t14-,17-,18?,22-/m0/s1. The molecule has 0 radical (unpaired) electrons. The van der Waals surface area contributed by atoms with Crippen LogP contribution in [0.25, 0.3) is 11.4 Å². The highest BCUT2D eigenvalue weighted by Crippen LogP contribution is 2.52. The Morgan fingerprint density at radius 3 is 2.69 bits per heavy atom. The van der Waals surface area contributed by atoms with Crippen molar-refractivity contribution in [3.63, 3.8) is 0 Å². The van der Waals surface area contributed by atoms with Gasteiger partial charge in [0.25, 0.3) is 0 Å². The number of ether oxygens (including phenoxy) is 1. The highest BCUT2D eigenvalue weighted by molar-refractivity contribution is 5.57. The van der Waals surface area contributed by atoms with E-state index in [-0.39, 0.29) is 11.5 Å². The Balaban J connectivity index is 1.87. The van der Waals surface area contributed by atoms with Gasteiger partial charge in [0.05, 0.1) is 18.4 Å². The molecule has 1 saturated carbocycles. The third kappa shape index (κ3) is 2.71. The summed E-state index contributed by atoms with van der Waals surface area (Å²) in [6.45, 7) is 7.13. The van der Waals surface area contributed by atoms with Gasteiger partial charge in [0.1, 0.15) is 0 Å². The molecule has 2 aliphatic rings. The maximum Gasteiger partial charge on any atom is 0.220 e. The quantitative estimate of drug-likeness (QED) is 0.901. The molecule has 26 heavy (non-hydrogen) atoms. The lowest BCUT2D eigenvalue weighted by atomic mass is 9.56. The van der Waals surface area contributed by atoms with Gasteiger partial charge in [0.15, 0.2) is 5.82 Å². The molecule has 4 rings (SSSR count). The smallest absolute Gasteiger partial charge is 0.220 e. The zero-order chi connectivity index (χ0) is 18.3. The van der Waals surface area contributed by atoms with Gasteiger partial charge in [-0.05, 0) is 44.4 Å². The van der Waals surface area contributed by atoms with Gasteiger partial charge < -0.3 is 9.84 Å². The Morgan fingerprint density at radius 2 is 1.96 bits per heavy atom. The van der Waals surface area contributed by atoms with Crippen LogP contribution in [0.15, 0.2) is 30.3 Å². The average molecular weight is 352 g/mol. The fraction of sp³-hybridized carbons (Fsp3) is 0.545. The molecule has 1 unspecified atom stereocenters. The summed E-state index contributed by atoms with van der Waals surface area (Å²) in [5.74, 6) is 2.24. The average Bonchev–Trinajstić information content (AvgIpc) is 2.66. The number of aliphatic hydroxyl groups is 1. The maximum atomic E-state index is 10.4. The Hall–Kier alpha value is -1.94. The molecule has 4 nitrogen and oxygen atoms in total. The van der Waals surface area contributed by atoms with Crippen molar-refractivity contribution in [1.29, 1.82) is 0 Å². The summed E-state index contributed by atoms with van der Waals surface area (Å²) in [6, 6.07) is 10.1. The first-order chi connectivity index (χ1) is 12.5. The summed E-state index contributed by atoms with van der Waals surface area (Å²) in [7, 11) is 0. The van der Waals surface area contributed by atoms with Gasteiger partial charge in [-0.2, -0.15) is 4.98 Å². The number of aliphatic hydroxyl groups excluding tert-OH is 1. The lowest BCUT2D eigenvalue weighted by Crippen LogP contribution is -2.48. The third-order valence-electron chi connectivity index (χ3n) is 6.55. The summed E-state index contributed by atoms with van der Waals surface area (Å²) in [5.41, 5.74) is 3.31.